The molecule has 0 amide bonds. The lowest BCUT2D eigenvalue weighted by Crippen LogP contribution is -2.38. The number of nitrogen functional groups attached to an aromatic ring is 1. The maximum atomic E-state index is 14.3. The third kappa shape index (κ3) is 9.99. The second-order valence-corrected chi connectivity index (χ2v) is 14.6. The van der Waals surface area contributed by atoms with Gasteiger partial charge in [0.15, 0.2) is 11.5 Å². The highest BCUT2D eigenvalue weighted by molar-refractivity contribution is 6.00. The number of aryl methyl sites for hydroxylation is 1. The Balaban J connectivity index is 1.62. The fourth-order valence-electron chi connectivity index (χ4n) is 8.41. The zero-order valence-electron chi connectivity index (χ0n) is 30.4. The fraction of sp³-hybridized carbons (Fsp3) is 0.512. The van der Waals surface area contributed by atoms with Gasteiger partial charge in [-0.25, -0.2) is 4.98 Å². The number of rotatable bonds is 12. The zero-order chi connectivity index (χ0) is 36.3. The number of ketones is 2. The molecule has 0 spiro atoms. The van der Waals surface area contributed by atoms with Gasteiger partial charge in [-0.3, -0.25) is 9.59 Å². The first-order chi connectivity index (χ1) is 24.7. The van der Waals surface area contributed by atoms with Gasteiger partial charge in [0.05, 0.1) is 25.6 Å². The fourth-order valence-corrected chi connectivity index (χ4v) is 8.41. The second kappa shape index (κ2) is 18.3. The number of hydrogen-bond acceptors (Lipinski definition) is 8. The summed E-state index contributed by atoms with van der Waals surface area (Å²) >= 11 is 0. The van der Waals surface area contributed by atoms with Gasteiger partial charge in [0.25, 0.3) is 0 Å². The Kier molecular flexibility index (Phi) is 13.7. The van der Waals surface area contributed by atoms with Crippen molar-refractivity contribution >= 4 is 17.4 Å². The van der Waals surface area contributed by atoms with Crippen molar-refractivity contribution < 1.29 is 24.5 Å². The largest absolute Gasteiger partial charge is 0.504 e. The van der Waals surface area contributed by atoms with E-state index in [0.717, 1.165) is 60.9 Å². The van der Waals surface area contributed by atoms with E-state index >= 15 is 0 Å². The number of phenolic OH excluding ortho intramolecular Hbond substituents is 1. The number of carbonyl (C=O) groups excluding carboxylic acids is 2. The van der Waals surface area contributed by atoms with Gasteiger partial charge in [0.2, 0.25) is 0 Å². The molecule has 272 valence electrons. The summed E-state index contributed by atoms with van der Waals surface area (Å²) in [4.78, 5) is 32.1. The number of aromatic hydroxyl groups is 1. The lowest BCUT2D eigenvalue weighted by Gasteiger charge is -2.33. The smallest absolute Gasteiger partial charge is 0.160 e. The Bertz CT molecular complexity index is 1680. The molecule has 7 atom stereocenters. The number of nitrogens with one attached hydrogen (secondary N) is 1. The number of carbonyl (C=O) groups is 2. The van der Waals surface area contributed by atoms with E-state index in [2.05, 4.69) is 36.0 Å². The van der Waals surface area contributed by atoms with E-state index in [1.54, 1.807) is 18.3 Å². The van der Waals surface area contributed by atoms with Crippen LogP contribution in [0.3, 0.4) is 0 Å². The van der Waals surface area contributed by atoms with E-state index in [4.69, 9.17) is 10.5 Å². The molecule has 5 N–H and O–H groups in total. The third-order valence-corrected chi connectivity index (χ3v) is 10.9. The minimum atomic E-state index is -0.548. The number of Topliss-reactive ketones (excluding diaryl/α,β-unsaturated/α-hetero) is 2. The molecular weight excluding hydrogens is 638 g/mol. The Morgan fingerprint density at radius 1 is 1.02 bits per heavy atom. The number of aromatic nitrogens is 1. The number of methoxy groups -OCH3 is 1. The van der Waals surface area contributed by atoms with Crippen LogP contribution < -0.4 is 15.8 Å². The molecule has 8 nitrogen and oxygen atoms in total. The summed E-state index contributed by atoms with van der Waals surface area (Å²) < 4.78 is 5.45. The van der Waals surface area contributed by atoms with Crippen molar-refractivity contribution in [2.45, 2.75) is 90.1 Å². The maximum Gasteiger partial charge on any atom is 0.160 e. The topological polar surface area (TPSA) is 135 Å². The van der Waals surface area contributed by atoms with Crippen molar-refractivity contribution in [3.8, 4) is 23.3 Å². The van der Waals surface area contributed by atoms with E-state index < -0.39 is 12.0 Å². The lowest BCUT2D eigenvalue weighted by atomic mass is 9.74. The molecule has 2 aromatic carbocycles. The van der Waals surface area contributed by atoms with Crippen LogP contribution in [-0.4, -0.2) is 53.1 Å². The molecule has 1 heterocycles. The van der Waals surface area contributed by atoms with Gasteiger partial charge in [0, 0.05) is 31.0 Å². The average molecular weight is 694 g/mol. The Morgan fingerprint density at radius 3 is 2.55 bits per heavy atom. The first-order valence-corrected chi connectivity index (χ1v) is 18.8. The normalized spacial score (nSPS) is 23.6. The van der Waals surface area contributed by atoms with Gasteiger partial charge < -0.3 is 26.0 Å². The van der Waals surface area contributed by atoms with Crippen LogP contribution in [0.25, 0.3) is 0 Å². The van der Waals surface area contributed by atoms with Gasteiger partial charge >= 0.3 is 0 Å². The van der Waals surface area contributed by atoms with Crippen LogP contribution in [0.5, 0.6) is 11.5 Å². The molecule has 5 rings (SSSR count). The number of benzene rings is 2. The van der Waals surface area contributed by atoms with Crippen molar-refractivity contribution in [3.05, 3.63) is 83.0 Å². The minimum absolute atomic E-state index is 0.00265. The van der Waals surface area contributed by atoms with Gasteiger partial charge in [-0.1, -0.05) is 62.4 Å². The molecule has 51 heavy (non-hydrogen) atoms. The number of hydrogen-bond donors (Lipinski definition) is 4. The Morgan fingerprint density at radius 2 is 1.82 bits per heavy atom. The number of anilines is 1. The average Bonchev–Trinajstić information content (AvgIpc) is 3.29. The first kappa shape index (κ1) is 38.1. The Labute approximate surface area is 303 Å². The van der Waals surface area contributed by atoms with Crippen LogP contribution in [0.2, 0.25) is 0 Å². The standard InChI is InChI=1S/C43H55N3O5/c1-4-9-36(41(50)27-45-17-5-2)33-21-29(19-28-16-18-46-43(44)22-28)20-31-13-15-35(30-10-7-6-8-11-30)37-26-40(49)42(51-3)24-32(37)12-14-34(47)25-39(48)38(31)23-33/h6-8,10-11,16,18,22,24,26,29,31,33,35-36,38,41,45,49-50H,4-5,9,12,14,17,19-21,23,25,27H2,1-3H3,(H2,44,46). The van der Waals surface area contributed by atoms with Crippen molar-refractivity contribution in [2.24, 2.45) is 29.6 Å². The zero-order valence-corrected chi connectivity index (χ0v) is 30.4. The van der Waals surface area contributed by atoms with Crippen LogP contribution >= 0.6 is 0 Å². The highest BCUT2D eigenvalue weighted by Crippen LogP contribution is 2.44. The number of pyridine rings is 1. The van der Waals surface area contributed by atoms with E-state index in [0.29, 0.717) is 37.4 Å². The summed E-state index contributed by atoms with van der Waals surface area (Å²) in [6.07, 6.45) is 7.29. The highest BCUT2D eigenvalue weighted by Gasteiger charge is 2.40. The van der Waals surface area contributed by atoms with Crippen molar-refractivity contribution in [1.82, 2.24) is 10.3 Å². The number of aliphatic hydroxyl groups is 1. The van der Waals surface area contributed by atoms with Crippen LogP contribution in [0.1, 0.15) is 93.4 Å². The predicted molar refractivity (Wildman–Crippen MR) is 201 cm³/mol. The SMILES string of the molecule is CCCNCC(O)C(CCC)C1CC(Cc2ccnc(N)c2)CC2C#CC(c3ccccc3)c3cc(O)c(OC)cc3CCC(=O)CC(=O)C2C1. The van der Waals surface area contributed by atoms with E-state index in [1.807, 2.05) is 42.5 Å². The molecule has 8 heteroatoms. The molecule has 1 aromatic heterocycles. The molecule has 2 aliphatic rings. The van der Waals surface area contributed by atoms with Crippen LogP contribution in [0, 0.1) is 41.4 Å². The molecule has 0 aliphatic heterocycles. The summed E-state index contributed by atoms with van der Waals surface area (Å²) in [5.74, 6) is 7.09. The van der Waals surface area contributed by atoms with Gasteiger partial charge in [-0.2, -0.15) is 0 Å². The molecule has 1 saturated carbocycles. The predicted octanol–water partition coefficient (Wildman–Crippen LogP) is 6.66. The summed E-state index contributed by atoms with van der Waals surface area (Å²) in [5, 5.41) is 26.0. The van der Waals surface area contributed by atoms with Gasteiger partial charge in [0.1, 0.15) is 17.4 Å². The summed E-state index contributed by atoms with van der Waals surface area (Å²) in [6, 6.07) is 17.4. The molecule has 0 bridgehead atoms. The molecule has 2 aliphatic carbocycles. The number of nitrogens with two attached hydrogens (primary N) is 1. The number of nitrogens with zero attached hydrogens (tertiary/aromatic N) is 1. The number of ether oxygens (including phenoxy) is 1. The molecule has 3 aromatic rings. The first-order valence-electron chi connectivity index (χ1n) is 18.8. The molecular formula is C43H55N3O5. The molecule has 1 fully saturated rings. The van der Waals surface area contributed by atoms with Crippen molar-refractivity contribution in [3.63, 3.8) is 0 Å². The van der Waals surface area contributed by atoms with Crippen molar-refractivity contribution in [2.75, 3.05) is 25.9 Å². The van der Waals surface area contributed by atoms with Crippen LogP contribution in [0.4, 0.5) is 5.82 Å². The number of phenols is 1. The van der Waals surface area contributed by atoms with Crippen molar-refractivity contribution in [1.29, 1.82) is 0 Å². The summed E-state index contributed by atoms with van der Waals surface area (Å²) in [5.41, 5.74) is 9.87. The van der Waals surface area contributed by atoms with Crippen LogP contribution in [-0.2, 0) is 22.4 Å². The van der Waals surface area contributed by atoms with Gasteiger partial charge in [-0.15, -0.1) is 0 Å². The summed E-state index contributed by atoms with van der Waals surface area (Å²) in [6.45, 7) is 5.61. The maximum absolute atomic E-state index is 14.3. The lowest BCUT2D eigenvalue weighted by molar-refractivity contribution is -0.130. The number of fused-ring (bicyclic) bond motifs is 2. The van der Waals surface area contributed by atoms with Gasteiger partial charge in [-0.05, 0) is 116 Å². The summed E-state index contributed by atoms with van der Waals surface area (Å²) in [7, 11) is 1.51. The van der Waals surface area contributed by atoms with E-state index in [1.165, 1.54) is 7.11 Å². The molecule has 0 radical (unpaired) electrons. The second-order valence-electron chi connectivity index (χ2n) is 14.6. The van der Waals surface area contributed by atoms with Crippen LogP contribution in [0.15, 0.2) is 60.8 Å². The minimum Gasteiger partial charge on any atom is -0.504 e. The number of aliphatic hydroxyl groups excluding tert-OH is 1. The van der Waals surface area contributed by atoms with E-state index in [-0.39, 0.29) is 59.7 Å². The highest BCUT2D eigenvalue weighted by atomic mass is 16.5. The van der Waals surface area contributed by atoms with E-state index in [9.17, 15) is 19.8 Å². The molecule has 0 saturated heterocycles. The third-order valence-electron chi connectivity index (χ3n) is 10.9. The monoisotopic (exact) mass is 693 g/mol. The Hall–Kier alpha value is -4.19. The quantitative estimate of drug-likeness (QED) is 0.0941. The molecule has 7 unspecified atom stereocenters.